The van der Waals surface area contributed by atoms with Gasteiger partial charge in [0.25, 0.3) is 0 Å². The van der Waals surface area contributed by atoms with E-state index in [2.05, 4.69) is 4.90 Å². The molecule has 0 spiro atoms. The summed E-state index contributed by atoms with van der Waals surface area (Å²) in [5, 5.41) is 8.79. The first-order valence-corrected chi connectivity index (χ1v) is 8.07. The van der Waals surface area contributed by atoms with Crippen LogP contribution in [0.2, 0.25) is 0 Å². The lowest BCUT2D eigenvalue weighted by atomic mass is 9.88. The molecule has 4 nitrogen and oxygen atoms in total. The molecule has 0 aromatic carbocycles. The molecule has 0 saturated heterocycles. The predicted molar refractivity (Wildman–Crippen MR) is 77.3 cm³/mol. The number of nitrogens with zero attached hydrogens (tertiary/aromatic N) is 1. The van der Waals surface area contributed by atoms with Crippen LogP contribution >= 0.6 is 0 Å². The molecule has 1 unspecified atom stereocenters. The fourth-order valence-corrected chi connectivity index (χ4v) is 3.27. The topological polar surface area (TPSA) is 57.6 Å². The molecule has 0 aromatic heterocycles. The fraction of sp³-hybridized carbons (Fsp3) is 0.875. The van der Waals surface area contributed by atoms with E-state index < -0.39 is 5.97 Å². The Bertz CT molecular complexity index is 346. The molecule has 20 heavy (non-hydrogen) atoms. The van der Waals surface area contributed by atoms with Gasteiger partial charge < -0.3 is 10.0 Å². The first kappa shape index (κ1) is 15.3. The van der Waals surface area contributed by atoms with Gasteiger partial charge in [0.2, 0.25) is 5.91 Å². The van der Waals surface area contributed by atoms with E-state index in [0.717, 1.165) is 19.4 Å². The van der Waals surface area contributed by atoms with E-state index in [-0.39, 0.29) is 18.2 Å². The van der Waals surface area contributed by atoms with Gasteiger partial charge in [0.15, 0.2) is 0 Å². The van der Waals surface area contributed by atoms with Crippen molar-refractivity contribution in [1.82, 2.24) is 4.90 Å². The summed E-state index contributed by atoms with van der Waals surface area (Å²) >= 11 is 0. The maximum absolute atomic E-state index is 12.4. The van der Waals surface area contributed by atoms with Crippen molar-refractivity contribution < 1.29 is 14.7 Å². The van der Waals surface area contributed by atoms with Crippen LogP contribution in [0.5, 0.6) is 0 Å². The summed E-state index contributed by atoms with van der Waals surface area (Å²) in [6, 6.07) is 0.446. The van der Waals surface area contributed by atoms with Gasteiger partial charge in [0, 0.05) is 25.4 Å². The van der Waals surface area contributed by atoms with Crippen LogP contribution in [0, 0.1) is 11.8 Å². The number of rotatable bonds is 7. The summed E-state index contributed by atoms with van der Waals surface area (Å²) in [6.07, 6.45) is 9.17. The SMILES string of the molecule is CC(CC(=O)O)CC(=O)N(CC1CCCCC1)C1CC1. The van der Waals surface area contributed by atoms with E-state index in [1.54, 1.807) is 0 Å². The second kappa shape index (κ2) is 7.09. The second-order valence-corrected chi connectivity index (χ2v) is 6.69. The Morgan fingerprint density at radius 2 is 1.75 bits per heavy atom. The first-order chi connectivity index (χ1) is 9.56. The van der Waals surface area contributed by atoms with Crippen LogP contribution in [0.4, 0.5) is 0 Å². The lowest BCUT2D eigenvalue weighted by Crippen LogP contribution is -2.38. The summed E-state index contributed by atoms with van der Waals surface area (Å²) in [5.74, 6) is -0.0296. The van der Waals surface area contributed by atoms with Gasteiger partial charge in [-0.15, -0.1) is 0 Å². The van der Waals surface area contributed by atoms with Gasteiger partial charge in [-0.05, 0) is 37.5 Å². The van der Waals surface area contributed by atoms with Crippen molar-refractivity contribution in [2.75, 3.05) is 6.54 Å². The highest BCUT2D eigenvalue weighted by Gasteiger charge is 2.34. The molecular formula is C16H27NO3. The van der Waals surface area contributed by atoms with Crippen LogP contribution in [-0.2, 0) is 9.59 Å². The van der Waals surface area contributed by atoms with Gasteiger partial charge in [-0.25, -0.2) is 0 Å². The third-order valence-corrected chi connectivity index (χ3v) is 4.53. The molecule has 0 heterocycles. The number of hydrogen-bond donors (Lipinski definition) is 1. The quantitative estimate of drug-likeness (QED) is 0.780. The molecule has 1 amide bonds. The first-order valence-electron chi connectivity index (χ1n) is 8.07. The molecule has 2 fully saturated rings. The maximum Gasteiger partial charge on any atom is 0.303 e. The molecule has 1 atom stereocenters. The largest absolute Gasteiger partial charge is 0.481 e. The van der Waals surface area contributed by atoms with E-state index in [0.29, 0.717) is 18.4 Å². The summed E-state index contributed by atoms with van der Waals surface area (Å²) in [4.78, 5) is 25.2. The van der Waals surface area contributed by atoms with Crippen molar-refractivity contribution in [3.63, 3.8) is 0 Å². The summed E-state index contributed by atoms with van der Waals surface area (Å²) in [5.41, 5.74) is 0. The maximum atomic E-state index is 12.4. The van der Waals surface area contributed by atoms with Crippen LogP contribution in [0.3, 0.4) is 0 Å². The minimum atomic E-state index is -0.810. The normalized spacial score (nSPS) is 21.4. The van der Waals surface area contributed by atoms with Crippen LogP contribution in [-0.4, -0.2) is 34.5 Å². The van der Waals surface area contributed by atoms with Crippen molar-refractivity contribution in [3.8, 4) is 0 Å². The van der Waals surface area contributed by atoms with E-state index in [1.807, 2.05) is 6.92 Å². The predicted octanol–water partition coefficient (Wildman–Crippen LogP) is 3.06. The average Bonchev–Trinajstić information content (AvgIpc) is 3.20. The lowest BCUT2D eigenvalue weighted by molar-refractivity contribution is -0.138. The van der Waals surface area contributed by atoms with Crippen molar-refractivity contribution in [2.24, 2.45) is 11.8 Å². The molecule has 1 N–H and O–H groups in total. The van der Waals surface area contributed by atoms with Crippen molar-refractivity contribution in [3.05, 3.63) is 0 Å². The number of aliphatic carboxylic acids is 1. The zero-order chi connectivity index (χ0) is 14.5. The Balaban J connectivity index is 1.83. The van der Waals surface area contributed by atoms with Crippen molar-refractivity contribution in [1.29, 1.82) is 0 Å². The van der Waals surface area contributed by atoms with E-state index in [9.17, 15) is 9.59 Å². The van der Waals surface area contributed by atoms with Gasteiger partial charge in [0.05, 0.1) is 0 Å². The van der Waals surface area contributed by atoms with Crippen molar-refractivity contribution >= 4 is 11.9 Å². The fourth-order valence-electron chi connectivity index (χ4n) is 3.27. The average molecular weight is 281 g/mol. The summed E-state index contributed by atoms with van der Waals surface area (Å²) < 4.78 is 0. The molecule has 2 aliphatic rings. The zero-order valence-corrected chi connectivity index (χ0v) is 12.5. The van der Waals surface area contributed by atoms with Gasteiger partial charge in [-0.1, -0.05) is 26.2 Å². The molecule has 0 bridgehead atoms. The number of carbonyl (C=O) groups is 2. The molecule has 2 saturated carbocycles. The summed E-state index contributed by atoms with van der Waals surface area (Å²) in [7, 11) is 0. The van der Waals surface area contributed by atoms with Crippen LogP contribution < -0.4 is 0 Å². The molecule has 2 rings (SSSR count). The zero-order valence-electron chi connectivity index (χ0n) is 12.5. The molecule has 2 aliphatic carbocycles. The highest BCUT2D eigenvalue weighted by Crippen LogP contribution is 2.32. The molecule has 114 valence electrons. The van der Waals surface area contributed by atoms with E-state index in [4.69, 9.17) is 5.11 Å². The Morgan fingerprint density at radius 3 is 2.30 bits per heavy atom. The van der Waals surface area contributed by atoms with E-state index in [1.165, 1.54) is 32.1 Å². The monoisotopic (exact) mass is 281 g/mol. The Morgan fingerprint density at radius 1 is 1.10 bits per heavy atom. The van der Waals surface area contributed by atoms with Gasteiger partial charge in [-0.2, -0.15) is 0 Å². The third kappa shape index (κ3) is 4.80. The second-order valence-electron chi connectivity index (χ2n) is 6.69. The number of carboxylic acid groups (broad SMARTS) is 1. The lowest BCUT2D eigenvalue weighted by Gasteiger charge is -2.30. The van der Waals surface area contributed by atoms with E-state index >= 15 is 0 Å². The number of carbonyl (C=O) groups excluding carboxylic acids is 1. The van der Waals surface area contributed by atoms with Crippen LogP contribution in [0.25, 0.3) is 0 Å². The molecular weight excluding hydrogens is 254 g/mol. The minimum absolute atomic E-state index is 0.0624. The molecule has 0 radical (unpaired) electrons. The Hall–Kier alpha value is -1.06. The van der Waals surface area contributed by atoms with Gasteiger partial charge in [-0.3, -0.25) is 9.59 Å². The number of amides is 1. The highest BCUT2D eigenvalue weighted by molar-refractivity contribution is 5.78. The van der Waals surface area contributed by atoms with Gasteiger partial charge in [0.1, 0.15) is 0 Å². The third-order valence-electron chi connectivity index (χ3n) is 4.53. The van der Waals surface area contributed by atoms with Gasteiger partial charge >= 0.3 is 5.97 Å². The molecule has 0 aliphatic heterocycles. The number of hydrogen-bond acceptors (Lipinski definition) is 2. The number of carboxylic acids is 1. The summed E-state index contributed by atoms with van der Waals surface area (Å²) in [6.45, 7) is 2.76. The minimum Gasteiger partial charge on any atom is -0.481 e. The highest BCUT2D eigenvalue weighted by atomic mass is 16.4. The smallest absolute Gasteiger partial charge is 0.303 e. The van der Waals surface area contributed by atoms with Crippen LogP contribution in [0.15, 0.2) is 0 Å². The Labute approximate surface area is 121 Å². The van der Waals surface area contributed by atoms with Crippen molar-refractivity contribution in [2.45, 2.75) is 70.8 Å². The molecule has 0 aromatic rings. The standard InChI is InChI=1S/C16H27NO3/c1-12(10-16(19)20)9-15(18)17(14-7-8-14)11-13-5-3-2-4-6-13/h12-14H,2-11H2,1H3,(H,19,20). The Kier molecular flexibility index (Phi) is 5.44. The molecule has 4 heteroatoms. The van der Waals surface area contributed by atoms with Crippen LogP contribution in [0.1, 0.15) is 64.7 Å².